The number of carbonyl (C=O) groups excluding carboxylic acids is 1. The Bertz CT molecular complexity index is 583. The molecule has 1 fully saturated rings. The van der Waals surface area contributed by atoms with E-state index in [4.69, 9.17) is 4.74 Å². The summed E-state index contributed by atoms with van der Waals surface area (Å²) in [7, 11) is 0. The molecule has 0 aliphatic heterocycles. The van der Waals surface area contributed by atoms with Crippen molar-refractivity contribution in [2.75, 3.05) is 0 Å². The van der Waals surface area contributed by atoms with Crippen molar-refractivity contribution in [3.8, 4) is 0 Å². The van der Waals surface area contributed by atoms with Crippen LogP contribution in [0.5, 0.6) is 0 Å². The molecule has 0 saturated heterocycles. The Hall–Kier alpha value is -2.04. The second-order valence-electron chi connectivity index (χ2n) is 7.15. The summed E-state index contributed by atoms with van der Waals surface area (Å²) < 4.78 is 5.20. The number of amides is 1. The molecule has 5 heteroatoms. The van der Waals surface area contributed by atoms with E-state index in [1.165, 1.54) is 0 Å². The fourth-order valence-corrected chi connectivity index (χ4v) is 3.07. The molecule has 5 nitrogen and oxygen atoms in total. The molecule has 126 valence electrons. The summed E-state index contributed by atoms with van der Waals surface area (Å²) in [5.41, 5.74) is 0.386. The Morgan fingerprint density at radius 2 is 1.91 bits per heavy atom. The van der Waals surface area contributed by atoms with E-state index in [-0.39, 0.29) is 0 Å². The van der Waals surface area contributed by atoms with Gasteiger partial charge in [-0.15, -0.1) is 0 Å². The van der Waals surface area contributed by atoms with Crippen molar-refractivity contribution < 1.29 is 19.4 Å². The minimum Gasteiger partial charge on any atom is -0.481 e. The number of carbonyl (C=O) groups is 2. The summed E-state index contributed by atoms with van der Waals surface area (Å²) in [4.78, 5) is 23.5. The van der Waals surface area contributed by atoms with Gasteiger partial charge in [0.2, 0.25) is 0 Å². The Kier molecular flexibility index (Phi) is 4.97. The number of ether oxygens (including phenoxy) is 1. The first-order valence-electron chi connectivity index (χ1n) is 8.03. The molecule has 2 rings (SSSR count). The van der Waals surface area contributed by atoms with Crippen LogP contribution in [0.2, 0.25) is 0 Å². The summed E-state index contributed by atoms with van der Waals surface area (Å²) in [6.45, 7) is 5.75. The Morgan fingerprint density at radius 1 is 1.26 bits per heavy atom. The minimum absolute atomic E-state index is 0.318. The molecule has 2 N–H and O–H groups in total. The summed E-state index contributed by atoms with van der Waals surface area (Å²) in [6, 6.07) is 7.49. The number of nitrogens with one attached hydrogen (secondary N) is 1. The summed E-state index contributed by atoms with van der Waals surface area (Å²) in [5, 5.41) is 12.4. The van der Waals surface area contributed by atoms with Crippen LogP contribution in [0.1, 0.15) is 57.6 Å². The van der Waals surface area contributed by atoms with Gasteiger partial charge in [0, 0.05) is 6.54 Å². The van der Waals surface area contributed by atoms with Gasteiger partial charge in [0.25, 0.3) is 0 Å². The molecule has 0 atom stereocenters. The summed E-state index contributed by atoms with van der Waals surface area (Å²) in [6.07, 6.45) is 2.74. The van der Waals surface area contributed by atoms with E-state index in [2.05, 4.69) is 5.32 Å². The van der Waals surface area contributed by atoms with Gasteiger partial charge >= 0.3 is 12.1 Å². The van der Waals surface area contributed by atoms with E-state index >= 15 is 0 Å². The first kappa shape index (κ1) is 17.3. The largest absolute Gasteiger partial charge is 0.481 e. The first-order chi connectivity index (χ1) is 10.7. The van der Waals surface area contributed by atoms with Crippen molar-refractivity contribution in [1.82, 2.24) is 5.32 Å². The van der Waals surface area contributed by atoms with Crippen LogP contribution in [0, 0.1) is 0 Å². The predicted molar refractivity (Wildman–Crippen MR) is 87.3 cm³/mol. The van der Waals surface area contributed by atoms with Gasteiger partial charge in [-0.3, -0.25) is 4.79 Å². The van der Waals surface area contributed by atoms with E-state index in [0.29, 0.717) is 19.4 Å². The molecule has 23 heavy (non-hydrogen) atoms. The number of rotatable bonds is 4. The predicted octanol–water partition coefficient (Wildman–Crippen LogP) is 3.61. The van der Waals surface area contributed by atoms with Crippen molar-refractivity contribution in [2.24, 2.45) is 0 Å². The monoisotopic (exact) mass is 319 g/mol. The molecule has 0 unspecified atom stereocenters. The molecular weight excluding hydrogens is 294 g/mol. The fraction of sp³-hybridized carbons (Fsp3) is 0.556. The fourth-order valence-electron chi connectivity index (χ4n) is 3.07. The zero-order valence-electron chi connectivity index (χ0n) is 14.0. The van der Waals surface area contributed by atoms with Crippen LogP contribution < -0.4 is 5.32 Å². The highest BCUT2D eigenvalue weighted by Gasteiger charge is 2.42. The lowest BCUT2D eigenvalue weighted by atomic mass is 9.78. The van der Waals surface area contributed by atoms with Crippen molar-refractivity contribution in [2.45, 2.75) is 64.0 Å². The number of hydrogen-bond acceptors (Lipinski definition) is 3. The van der Waals surface area contributed by atoms with E-state index < -0.39 is 23.1 Å². The van der Waals surface area contributed by atoms with Gasteiger partial charge in [-0.25, -0.2) is 4.79 Å². The topological polar surface area (TPSA) is 75.6 Å². The number of carboxylic acid groups (broad SMARTS) is 1. The van der Waals surface area contributed by atoms with Crippen molar-refractivity contribution in [3.05, 3.63) is 35.4 Å². The molecule has 0 radical (unpaired) electrons. The van der Waals surface area contributed by atoms with E-state index in [9.17, 15) is 14.7 Å². The lowest BCUT2D eigenvalue weighted by molar-refractivity contribution is -0.143. The summed E-state index contributed by atoms with van der Waals surface area (Å²) >= 11 is 0. The molecular formula is C18H25NO4. The molecule has 0 bridgehead atoms. The number of alkyl carbamates (subject to hydrolysis) is 1. The maximum atomic E-state index is 11.8. The lowest BCUT2D eigenvalue weighted by Crippen LogP contribution is -2.33. The molecule has 1 saturated carbocycles. The van der Waals surface area contributed by atoms with E-state index in [1.54, 1.807) is 0 Å². The highest BCUT2D eigenvalue weighted by Crippen LogP contribution is 2.41. The standard InChI is InChI=1S/C18H25NO4/c1-17(2,3)23-16(22)19-12-13-7-6-8-14(11-13)18(15(20)21)9-4-5-10-18/h6-8,11H,4-5,9-10,12H2,1-3H3,(H,19,22)(H,20,21). The SMILES string of the molecule is CC(C)(C)OC(=O)NCc1cccc(C2(C(=O)O)CCCC2)c1. The summed E-state index contributed by atoms with van der Waals surface area (Å²) in [5.74, 6) is -0.757. The molecule has 0 spiro atoms. The maximum Gasteiger partial charge on any atom is 0.407 e. The maximum absolute atomic E-state index is 11.8. The smallest absolute Gasteiger partial charge is 0.407 e. The highest BCUT2D eigenvalue weighted by molar-refractivity contribution is 5.81. The Balaban J connectivity index is 2.08. The van der Waals surface area contributed by atoms with Crippen LogP contribution in [-0.4, -0.2) is 22.8 Å². The number of hydrogen-bond donors (Lipinski definition) is 2. The van der Waals surface area contributed by atoms with Gasteiger partial charge in [-0.2, -0.15) is 0 Å². The van der Waals surface area contributed by atoms with Crippen molar-refractivity contribution in [3.63, 3.8) is 0 Å². The van der Waals surface area contributed by atoms with E-state index in [1.807, 2.05) is 45.0 Å². The molecule has 0 heterocycles. The van der Waals surface area contributed by atoms with Gasteiger partial charge < -0.3 is 15.2 Å². The number of aliphatic carboxylic acids is 1. The van der Waals surface area contributed by atoms with Crippen LogP contribution in [0.4, 0.5) is 4.79 Å². The van der Waals surface area contributed by atoms with Crippen molar-refractivity contribution in [1.29, 1.82) is 0 Å². The van der Waals surface area contributed by atoms with Crippen LogP contribution in [0.25, 0.3) is 0 Å². The average molecular weight is 319 g/mol. The second-order valence-corrected chi connectivity index (χ2v) is 7.15. The van der Waals surface area contributed by atoms with Crippen molar-refractivity contribution >= 4 is 12.1 Å². The molecule has 1 amide bonds. The number of benzene rings is 1. The zero-order valence-corrected chi connectivity index (χ0v) is 14.0. The van der Waals surface area contributed by atoms with Crippen LogP contribution >= 0.6 is 0 Å². The average Bonchev–Trinajstić information content (AvgIpc) is 2.94. The first-order valence-corrected chi connectivity index (χ1v) is 8.03. The number of carboxylic acids is 1. The third-order valence-corrected chi connectivity index (χ3v) is 4.18. The normalized spacial score (nSPS) is 16.8. The molecule has 0 aromatic heterocycles. The molecule has 1 aromatic rings. The molecule has 1 aliphatic rings. The molecule has 1 aliphatic carbocycles. The third kappa shape index (κ3) is 4.24. The van der Waals surface area contributed by atoms with Gasteiger partial charge in [0.1, 0.15) is 5.60 Å². The van der Waals surface area contributed by atoms with Crippen LogP contribution in [0.15, 0.2) is 24.3 Å². The second kappa shape index (κ2) is 6.60. The van der Waals surface area contributed by atoms with Gasteiger partial charge in [-0.1, -0.05) is 37.1 Å². The molecule has 1 aromatic carbocycles. The quantitative estimate of drug-likeness (QED) is 0.889. The van der Waals surface area contributed by atoms with Gasteiger partial charge in [0.15, 0.2) is 0 Å². The minimum atomic E-state index is -0.776. The highest BCUT2D eigenvalue weighted by atomic mass is 16.6. The van der Waals surface area contributed by atoms with Gasteiger partial charge in [-0.05, 0) is 44.7 Å². The van der Waals surface area contributed by atoms with E-state index in [0.717, 1.165) is 24.0 Å². The Morgan fingerprint density at radius 3 is 2.48 bits per heavy atom. The van der Waals surface area contributed by atoms with Crippen LogP contribution in [0.3, 0.4) is 0 Å². The van der Waals surface area contributed by atoms with Crippen LogP contribution in [-0.2, 0) is 21.5 Å². The third-order valence-electron chi connectivity index (χ3n) is 4.18. The van der Waals surface area contributed by atoms with Gasteiger partial charge in [0.05, 0.1) is 5.41 Å². The zero-order chi connectivity index (χ0) is 17.1. The lowest BCUT2D eigenvalue weighted by Gasteiger charge is -2.25. The Labute approximate surface area is 137 Å².